The van der Waals surface area contributed by atoms with Gasteiger partial charge in [-0.05, 0) is 43.4 Å². The highest BCUT2D eigenvalue weighted by Gasteiger charge is 2.43. The summed E-state index contributed by atoms with van der Waals surface area (Å²) in [7, 11) is 0. The van der Waals surface area contributed by atoms with E-state index in [0.717, 1.165) is 25.7 Å². The van der Waals surface area contributed by atoms with Crippen LogP contribution in [0, 0.1) is 17.8 Å². The van der Waals surface area contributed by atoms with E-state index >= 15 is 0 Å². The van der Waals surface area contributed by atoms with E-state index in [9.17, 15) is 4.79 Å². The Labute approximate surface area is 117 Å². The minimum absolute atomic E-state index is 0.0195. The van der Waals surface area contributed by atoms with E-state index in [4.69, 9.17) is 9.47 Å². The Morgan fingerprint density at radius 1 is 1.26 bits per heavy atom. The third kappa shape index (κ3) is 4.48. The number of hydrogen-bond donors (Lipinski definition) is 0. The monoisotopic (exact) mass is 268 g/mol. The van der Waals surface area contributed by atoms with Gasteiger partial charge in [0.2, 0.25) is 0 Å². The highest BCUT2D eigenvalue weighted by molar-refractivity contribution is 5.69. The van der Waals surface area contributed by atoms with Gasteiger partial charge in [0, 0.05) is 6.42 Å². The second-order valence-corrected chi connectivity index (χ2v) is 6.48. The lowest BCUT2D eigenvalue weighted by Crippen LogP contribution is -2.20. The van der Waals surface area contributed by atoms with Crippen LogP contribution >= 0.6 is 0 Å². The molecule has 2 aliphatic rings. The van der Waals surface area contributed by atoms with Gasteiger partial charge in [0.25, 0.3) is 0 Å². The average Bonchev–Trinajstić information content (AvgIpc) is 3.19. The number of epoxide rings is 1. The molecule has 3 nitrogen and oxygen atoms in total. The maximum Gasteiger partial charge on any atom is 0.305 e. The Morgan fingerprint density at radius 3 is 2.74 bits per heavy atom. The van der Waals surface area contributed by atoms with Crippen LogP contribution in [0.5, 0.6) is 0 Å². The lowest BCUT2D eigenvalue weighted by atomic mass is 9.89. The van der Waals surface area contributed by atoms with Crippen molar-refractivity contribution >= 4 is 5.97 Å². The number of rotatable bonds is 7. The van der Waals surface area contributed by atoms with Crippen LogP contribution in [0.4, 0.5) is 0 Å². The third-order valence-corrected chi connectivity index (χ3v) is 5.01. The molecule has 1 heterocycles. The fourth-order valence-corrected chi connectivity index (χ4v) is 2.95. The molecule has 0 amide bonds. The summed E-state index contributed by atoms with van der Waals surface area (Å²) in [5, 5.41) is 0. The Kier molecular flexibility index (Phi) is 5.26. The molecule has 1 saturated heterocycles. The molecule has 110 valence electrons. The fraction of sp³-hybridized carbons (Fsp3) is 0.938. The standard InChI is InChI=1S/C16H28O3/c1-4-11(2)12(3)5-8-16(17)18-10-13-6-7-14-15(9-13)19-14/h11-15H,4-10H2,1-3H3. The number of fused-ring (bicyclic) bond motifs is 1. The summed E-state index contributed by atoms with van der Waals surface area (Å²) >= 11 is 0. The summed E-state index contributed by atoms with van der Waals surface area (Å²) in [6, 6.07) is 0. The van der Waals surface area contributed by atoms with Gasteiger partial charge in [-0.15, -0.1) is 0 Å². The fourth-order valence-electron chi connectivity index (χ4n) is 2.95. The summed E-state index contributed by atoms with van der Waals surface area (Å²) in [6.45, 7) is 7.29. The molecule has 3 heteroatoms. The lowest BCUT2D eigenvalue weighted by molar-refractivity contribution is -0.145. The molecule has 0 radical (unpaired) electrons. The zero-order valence-electron chi connectivity index (χ0n) is 12.6. The Morgan fingerprint density at radius 2 is 2.05 bits per heavy atom. The molecule has 1 aliphatic carbocycles. The molecule has 0 spiro atoms. The van der Waals surface area contributed by atoms with Crippen LogP contribution in [-0.4, -0.2) is 24.8 Å². The van der Waals surface area contributed by atoms with E-state index in [0.29, 0.717) is 43.0 Å². The van der Waals surface area contributed by atoms with Crippen molar-refractivity contribution in [1.82, 2.24) is 0 Å². The molecule has 1 aliphatic heterocycles. The van der Waals surface area contributed by atoms with Crippen LogP contribution in [-0.2, 0) is 14.3 Å². The third-order valence-electron chi connectivity index (χ3n) is 5.01. The second kappa shape index (κ2) is 6.74. The van der Waals surface area contributed by atoms with Gasteiger partial charge in [0.1, 0.15) is 0 Å². The van der Waals surface area contributed by atoms with Gasteiger partial charge >= 0.3 is 5.97 Å². The molecule has 0 bridgehead atoms. The van der Waals surface area contributed by atoms with Crippen molar-refractivity contribution in [3.63, 3.8) is 0 Å². The smallest absolute Gasteiger partial charge is 0.305 e. The van der Waals surface area contributed by atoms with Crippen molar-refractivity contribution in [3.05, 3.63) is 0 Å². The lowest BCUT2D eigenvalue weighted by Gasteiger charge is -2.20. The Balaban J connectivity index is 1.56. The largest absolute Gasteiger partial charge is 0.465 e. The van der Waals surface area contributed by atoms with Crippen molar-refractivity contribution < 1.29 is 14.3 Å². The van der Waals surface area contributed by atoms with Crippen LogP contribution < -0.4 is 0 Å². The Hall–Kier alpha value is -0.570. The molecule has 1 saturated carbocycles. The van der Waals surface area contributed by atoms with E-state index in [1.807, 2.05) is 0 Å². The van der Waals surface area contributed by atoms with Crippen molar-refractivity contribution in [2.24, 2.45) is 17.8 Å². The molecule has 19 heavy (non-hydrogen) atoms. The van der Waals surface area contributed by atoms with Gasteiger partial charge in [-0.2, -0.15) is 0 Å². The minimum atomic E-state index is -0.0195. The SMILES string of the molecule is CCC(C)C(C)CCC(=O)OCC1CCC2OC2C1. The molecular weight excluding hydrogens is 240 g/mol. The highest BCUT2D eigenvalue weighted by Crippen LogP contribution is 2.39. The van der Waals surface area contributed by atoms with E-state index in [2.05, 4.69) is 20.8 Å². The number of carbonyl (C=O) groups is 1. The summed E-state index contributed by atoms with van der Waals surface area (Å²) in [5.74, 6) is 1.80. The number of ether oxygens (including phenoxy) is 2. The molecule has 0 aromatic rings. The quantitative estimate of drug-likeness (QED) is 0.523. The minimum Gasteiger partial charge on any atom is -0.465 e. The van der Waals surface area contributed by atoms with E-state index < -0.39 is 0 Å². The van der Waals surface area contributed by atoms with Crippen LogP contribution in [0.2, 0.25) is 0 Å². The molecule has 0 aromatic heterocycles. The zero-order chi connectivity index (χ0) is 13.8. The van der Waals surface area contributed by atoms with Gasteiger partial charge < -0.3 is 9.47 Å². The number of hydrogen-bond acceptors (Lipinski definition) is 3. The van der Waals surface area contributed by atoms with Crippen molar-refractivity contribution in [2.75, 3.05) is 6.61 Å². The molecule has 2 fully saturated rings. The summed E-state index contributed by atoms with van der Waals surface area (Å²) < 4.78 is 10.9. The first-order valence-corrected chi connectivity index (χ1v) is 7.91. The normalized spacial score (nSPS) is 32.3. The van der Waals surface area contributed by atoms with Crippen molar-refractivity contribution in [2.45, 2.75) is 71.5 Å². The topological polar surface area (TPSA) is 38.8 Å². The highest BCUT2D eigenvalue weighted by atomic mass is 16.6. The van der Waals surface area contributed by atoms with Gasteiger partial charge in [-0.1, -0.05) is 27.2 Å². The average molecular weight is 268 g/mol. The maximum absolute atomic E-state index is 11.7. The van der Waals surface area contributed by atoms with Crippen molar-refractivity contribution in [1.29, 1.82) is 0 Å². The molecule has 0 N–H and O–H groups in total. The number of carbonyl (C=O) groups excluding carboxylic acids is 1. The first-order valence-electron chi connectivity index (χ1n) is 7.91. The molecule has 5 atom stereocenters. The zero-order valence-corrected chi connectivity index (χ0v) is 12.6. The van der Waals surface area contributed by atoms with Gasteiger partial charge in [0.05, 0.1) is 18.8 Å². The van der Waals surface area contributed by atoms with E-state index in [1.165, 1.54) is 6.42 Å². The van der Waals surface area contributed by atoms with Gasteiger partial charge in [0.15, 0.2) is 0 Å². The van der Waals surface area contributed by atoms with Gasteiger partial charge in [-0.3, -0.25) is 4.79 Å². The first kappa shape index (κ1) is 14.8. The maximum atomic E-state index is 11.7. The second-order valence-electron chi connectivity index (χ2n) is 6.48. The van der Waals surface area contributed by atoms with Crippen LogP contribution in [0.3, 0.4) is 0 Å². The van der Waals surface area contributed by atoms with Gasteiger partial charge in [-0.25, -0.2) is 0 Å². The Bertz CT molecular complexity index is 302. The summed E-state index contributed by atoms with van der Waals surface area (Å²) in [5.41, 5.74) is 0. The number of esters is 1. The van der Waals surface area contributed by atoms with E-state index in [-0.39, 0.29) is 5.97 Å². The summed E-state index contributed by atoms with van der Waals surface area (Å²) in [6.07, 6.45) is 7.09. The molecule has 0 aromatic carbocycles. The molecular formula is C16H28O3. The van der Waals surface area contributed by atoms with Crippen LogP contribution in [0.1, 0.15) is 59.3 Å². The van der Waals surface area contributed by atoms with Crippen LogP contribution in [0.25, 0.3) is 0 Å². The van der Waals surface area contributed by atoms with Crippen LogP contribution in [0.15, 0.2) is 0 Å². The predicted octanol–water partition coefficient (Wildman–Crippen LogP) is 3.56. The van der Waals surface area contributed by atoms with Crippen molar-refractivity contribution in [3.8, 4) is 0 Å². The summed E-state index contributed by atoms with van der Waals surface area (Å²) in [4.78, 5) is 11.7. The van der Waals surface area contributed by atoms with E-state index in [1.54, 1.807) is 0 Å². The predicted molar refractivity (Wildman–Crippen MR) is 74.8 cm³/mol. The molecule has 5 unspecified atom stereocenters. The first-order chi connectivity index (χ1) is 9.10. The molecule has 2 rings (SSSR count).